The number of amides is 1. The average Bonchev–Trinajstić information content (AvgIpc) is 3.52. The maximum absolute atomic E-state index is 12.5. The maximum Gasteiger partial charge on any atom is 0.255 e. The predicted molar refractivity (Wildman–Crippen MR) is 130 cm³/mol. The molecule has 3 heterocycles. The molecule has 0 spiro atoms. The van der Waals surface area contributed by atoms with E-state index in [-0.39, 0.29) is 5.91 Å². The van der Waals surface area contributed by atoms with Gasteiger partial charge in [-0.15, -0.1) is 5.10 Å². The molecule has 0 aliphatic heterocycles. The standard InChI is InChI=1S/C23H20N8OS/c24-17-4-1-2-5-18(17)26-22(32)16-9-7-15(8-10-16)14-33-23-28-21(27-20-11-12-25-29-20)19-6-3-13-31(19)30-23/h1-13H,14,24H2,(H,26,32)(H2,25,27,28,29,30). The van der Waals surface area contributed by atoms with E-state index in [1.165, 1.54) is 11.8 Å². The molecule has 9 nitrogen and oxygen atoms in total. The molecule has 0 fully saturated rings. The highest BCUT2D eigenvalue weighted by Crippen LogP contribution is 2.25. The SMILES string of the molecule is Nc1ccccc1NC(=O)c1ccc(CSc2nc(Nc3ccn[nH]3)c3cccn3n2)cc1. The number of benzene rings is 2. The van der Waals surface area contributed by atoms with E-state index in [2.05, 4.69) is 30.9 Å². The second-order valence-corrected chi connectivity index (χ2v) is 8.15. The predicted octanol–water partition coefficient (Wildman–Crippen LogP) is 4.32. The van der Waals surface area contributed by atoms with Gasteiger partial charge in [-0.3, -0.25) is 9.89 Å². The normalized spacial score (nSPS) is 10.9. The summed E-state index contributed by atoms with van der Waals surface area (Å²) >= 11 is 1.51. The molecule has 0 radical (unpaired) electrons. The number of hydrogen-bond acceptors (Lipinski definition) is 7. The number of thioether (sulfide) groups is 1. The molecule has 0 atom stereocenters. The van der Waals surface area contributed by atoms with Crippen LogP contribution in [-0.4, -0.2) is 30.7 Å². The van der Waals surface area contributed by atoms with Crippen LogP contribution in [0.25, 0.3) is 5.52 Å². The number of nitrogens with one attached hydrogen (secondary N) is 3. The van der Waals surface area contributed by atoms with E-state index in [9.17, 15) is 4.79 Å². The topological polar surface area (TPSA) is 126 Å². The molecule has 0 aliphatic rings. The Morgan fingerprint density at radius 2 is 1.91 bits per heavy atom. The van der Waals surface area contributed by atoms with Gasteiger partial charge in [0, 0.05) is 23.6 Å². The van der Waals surface area contributed by atoms with E-state index < -0.39 is 0 Å². The van der Waals surface area contributed by atoms with Crippen LogP contribution in [0.15, 0.2) is 84.3 Å². The van der Waals surface area contributed by atoms with Crippen molar-refractivity contribution in [3.05, 3.63) is 90.3 Å². The number of para-hydroxylation sites is 2. The van der Waals surface area contributed by atoms with Crippen LogP contribution in [0, 0.1) is 0 Å². The van der Waals surface area contributed by atoms with Crippen LogP contribution in [0.1, 0.15) is 15.9 Å². The third-order valence-electron chi connectivity index (χ3n) is 4.92. The fraction of sp³-hybridized carbons (Fsp3) is 0.0435. The first-order chi connectivity index (χ1) is 16.2. The molecule has 5 aromatic rings. The largest absolute Gasteiger partial charge is 0.397 e. The number of nitrogens with two attached hydrogens (primary N) is 1. The molecule has 1 amide bonds. The Morgan fingerprint density at radius 3 is 2.70 bits per heavy atom. The Morgan fingerprint density at radius 1 is 1.06 bits per heavy atom. The number of nitrogen functional groups attached to an aromatic ring is 1. The van der Waals surface area contributed by atoms with Gasteiger partial charge in [0.05, 0.1) is 17.6 Å². The van der Waals surface area contributed by atoms with Gasteiger partial charge < -0.3 is 16.4 Å². The van der Waals surface area contributed by atoms with Crippen LogP contribution in [-0.2, 0) is 5.75 Å². The highest BCUT2D eigenvalue weighted by atomic mass is 32.2. The zero-order chi connectivity index (χ0) is 22.6. The van der Waals surface area contributed by atoms with Crippen molar-refractivity contribution in [1.29, 1.82) is 0 Å². The van der Waals surface area contributed by atoms with E-state index in [1.807, 2.05) is 48.7 Å². The van der Waals surface area contributed by atoms with Crippen molar-refractivity contribution < 1.29 is 4.79 Å². The summed E-state index contributed by atoms with van der Waals surface area (Å²) in [5, 5.41) is 18.1. The number of hydrogen-bond donors (Lipinski definition) is 4. The van der Waals surface area contributed by atoms with E-state index in [1.54, 1.807) is 35.0 Å². The number of aromatic nitrogens is 5. The third-order valence-corrected chi connectivity index (χ3v) is 5.83. The van der Waals surface area contributed by atoms with Crippen LogP contribution >= 0.6 is 11.8 Å². The molecule has 2 aromatic carbocycles. The summed E-state index contributed by atoms with van der Waals surface area (Å²) in [7, 11) is 0. The zero-order valence-corrected chi connectivity index (χ0v) is 18.2. The van der Waals surface area contributed by atoms with Gasteiger partial charge in [-0.05, 0) is 42.0 Å². The van der Waals surface area contributed by atoms with Crippen LogP contribution in [0.2, 0.25) is 0 Å². The lowest BCUT2D eigenvalue weighted by Gasteiger charge is -2.09. The monoisotopic (exact) mass is 456 g/mol. The van der Waals surface area contributed by atoms with Gasteiger partial charge in [0.25, 0.3) is 5.91 Å². The number of carbonyl (C=O) groups is 1. The smallest absolute Gasteiger partial charge is 0.255 e. The van der Waals surface area contributed by atoms with Gasteiger partial charge in [-0.2, -0.15) is 5.10 Å². The van der Waals surface area contributed by atoms with Crippen molar-refractivity contribution in [1.82, 2.24) is 24.8 Å². The van der Waals surface area contributed by atoms with Gasteiger partial charge in [0.2, 0.25) is 5.16 Å². The van der Waals surface area contributed by atoms with Crippen LogP contribution in [0.5, 0.6) is 0 Å². The Hall–Kier alpha value is -4.31. The number of anilines is 4. The van der Waals surface area contributed by atoms with Crippen molar-refractivity contribution in [3.63, 3.8) is 0 Å². The van der Waals surface area contributed by atoms with E-state index in [0.29, 0.717) is 33.7 Å². The number of fused-ring (bicyclic) bond motifs is 1. The quantitative estimate of drug-likeness (QED) is 0.212. The first-order valence-electron chi connectivity index (χ1n) is 10.1. The van der Waals surface area contributed by atoms with Crippen molar-refractivity contribution in [2.45, 2.75) is 10.9 Å². The summed E-state index contributed by atoms with van der Waals surface area (Å²) in [5.41, 5.74) is 9.50. The van der Waals surface area contributed by atoms with Crippen LogP contribution < -0.4 is 16.4 Å². The molecule has 164 valence electrons. The third kappa shape index (κ3) is 4.65. The summed E-state index contributed by atoms with van der Waals surface area (Å²) in [6.45, 7) is 0. The van der Waals surface area contributed by atoms with E-state index in [4.69, 9.17) is 5.73 Å². The first-order valence-corrected chi connectivity index (χ1v) is 11.1. The number of rotatable bonds is 7. The van der Waals surface area contributed by atoms with Gasteiger partial charge in [0.1, 0.15) is 11.3 Å². The molecule has 0 aliphatic carbocycles. The summed E-state index contributed by atoms with van der Waals surface area (Å²) in [6, 6.07) is 20.3. The number of H-pyrrole nitrogens is 1. The zero-order valence-electron chi connectivity index (χ0n) is 17.4. The lowest BCUT2D eigenvalue weighted by atomic mass is 10.1. The summed E-state index contributed by atoms with van der Waals surface area (Å²) in [5.74, 6) is 1.89. The second-order valence-electron chi connectivity index (χ2n) is 7.20. The second kappa shape index (κ2) is 9.05. The molecule has 5 N–H and O–H groups in total. The number of carbonyl (C=O) groups excluding carboxylic acids is 1. The Bertz CT molecular complexity index is 1400. The minimum Gasteiger partial charge on any atom is -0.397 e. The molecule has 0 saturated heterocycles. The molecular weight excluding hydrogens is 436 g/mol. The first kappa shape index (κ1) is 20.6. The van der Waals surface area contributed by atoms with Crippen molar-refractivity contribution in [2.24, 2.45) is 0 Å². The van der Waals surface area contributed by atoms with Gasteiger partial charge >= 0.3 is 0 Å². The molecule has 3 aromatic heterocycles. The lowest BCUT2D eigenvalue weighted by Crippen LogP contribution is -2.13. The maximum atomic E-state index is 12.5. The molecule has 0 saturated carbocycles. The Labute approximate surface area is 193 Å². The fourth-order valence-corrected chi connectivity index (χ4v) is 4.02. The molecule has 10 heteroatoms. The summed E-state index contributed by atoms with van der Waals surface area (Å²) in [4.78, 5) is 17.2. The highest BCUT2D eigenvalue weighted by Gasteiger charge is 2.11. The van der Waals surface area contributed by atoms with E-state index >= 15 is 0 Å². The average molecular weight is 457 g/mol. The van der Waals surface area contributed by atoms with Gasteiger partial charge in [-0.25, -0.2) is 9.50 Å². The van der Waals surface area contributed by atoms with Crippen LogP contribution in [0.4, 0.5) is 23.0 Å². The lowest BCUT2D eigenvalue weighted by molar-refractivity contribution is 0.102. The number of aromatic amines is 1. The van der Waals surface area contributed by atoms with Crippen molar-refractivity contribution in [3.8, 4) is 0 Å². The minimum absolute atomic E-state index is 0.206. The fourth-order valence-electron chi connectivity index (χ4n) is 3.23. The van der Waals surface area contributed by atoms with E-state index in [0.717, 1.165) is 16.9 Å². The molecular formula is C23H20N8OS. The molecule has 0 bridgehead atoms. The molecule has 5 rings (SSSR count). The summed E-state index contributed by atoms with van der Waals surface area (Å²) in [6.07, 6.45) is 3.55. The molecule has 33 heavy (non-hydrogen) atoms. The van der Waals surface area contributed by atoms with Crippen LogP contribution in [0.3, 0.4) is 0 Å². The van der Waals surface area contributed by atoms with Crippen molar-refractivity contribution >= 4 is 46.2 Å². The molecule has 0 unspecified atom stereocenters. The number of nitrogens with zero attached hydrogens (tertiary/aromatic N) is 4. The minimum atomic E-state index is -0.206. The highest BCUT2D eigenvalue weighted by molar-refractivity contribution is 7.98. The van der Waals surface area contributed by atoms with Crippen molar-refractivity contribution in [2.75, 3.05) is 16.4 Å². The summed E-state index contributed by atoms with van der Waals surface area (Å²) < 4.78 is 1.79. The van der Waals surface area contributed by atoms with Gasteiger partial charge in [-0.1, -0.05) is 36.0 Å². The Balaban J connectivity index is 1.27. The Kier molecular flexibility index (Phi) is 5.64. The van der Waals surface area contributed by atoms with Gasteiger partial charge in [0.15, 0.2) is 5.82 Å².